The van der Waals surface area contributed by atoms with Crippen molar-refractivity contribution in [1.82, 2.24) is 0 Å². The van der Waals surface area contributed by atoms with Crippen molar-refractivity contribution in [2.75, 3.05) is 119 Å². The molecule has 0 fully saturated rings. The predicted molar refractivity (Wildman–Crippen MR) is 166 cm³/mol. The van der Waals surface area contributed by atoms with Crippen molar-refractivity contribution in [2.24, 2.45) is 17.8 Å². The smallest absolute Gasteiger partial charge is 0.106 e. The molecule has 0 bridgehead atoms. The van der Waals surface area contributed by atoms with Crippen molar-refractivity contribution >= 4 is 0 Å². The third-order valence-electron chi connectivity index (χ3n) is 6.08. The van der Waals surface area contributed by atoms with Crippen LogP contribution in [0.4, 0.5) is 0 Å². The van der Waals surface area contributed by atoms with Crippen molar-refractivity contribution in [3.8, 4) is 0 Å². The molecule has 43 heavy (non-hydrogen) atoms. The fourth-order valence-electron chi connectivity index (χ4n) is 4.28. The molecule has 1 N–H and O–H groups in total. The minimum Gasteiger partial charge on any atom is -0.394 e. The maximum Gasteiger partial charge on any atom is 0.106 e. The summed E-state index contributed by atoms with van der Waals surface area (Å²) in [6, 6.07) is 0. The molecule has 0 aliphatic rings. The third kappa shape index (κ3) is 35.9. The number of aliphatic hydroxyl groups is 1. The van der Waals surface area contributed by atoms with Crippen molar-refractivity contribution < 1.29 is 52.8 Å². The van der Waals surface area contributed by atoms with Gasteiger partial charge in [-0.2, -0.15) is 0 Å². The molecule has 0 saturated carbocycles. The molecule has 0 aromatic rings. The van der Waals surface area contributed by atoms with E-state index in [-0.39, 0.29) is 12.7 Å². The Kier molecular flexibility index (Phi) is 34.1. The average molecular weight is 627 g/mol. The van der Waals surface area contributed by atoms with Crippen LogP contribution in [0.5, 0.6) is 0 Å². The molecule has 0 aliphatic carbocycles. The molecule has 0 aromatic heterocycles. The van der Waals surface area contributed by atoms with E-state index in [0.717, 1.165) is 25.7 Å². The Morgan fingerprint density at radius 1 is 0.395 bits per heavy atom. The first-order valence-corrected chi connectivity index (χ1v) is 16.5. The van der Waals surface area contributed by atoms with Crippen LogP contribution in [0.1, 0.15) is 66.7 Å². The summed E-state index contributed by atoms with van der Waals surface area (Å²) in [5.74, 6) is 1.90. The standard InChI is InChI=1S/C32H66O11/c1-29(2)26-31(5)28-32(27-30(3)4)43-42-25-24-41-23-22-40-21-19-38-16-13-35-10-7-6-9-34-12-15-37-18-20-39-17-14-36-11-8-33/h29-33H,6-28H2,1-5H3. The van der Waals surface area contributed by atoms with E-state index in [1.165, 1.54) is 6.42 Å². The summed E-state index contributed by atoms with van der Waals surface area (Å²) in [4.78, 5) is 11.1. The number of unbranched alkanes of at least 4 members (excludes halogenated alkanes) is 1. The summed E-state index contributed by atoms with van der Waals surface area (Å²) in [5, 5.41) is 8.58. The number of ether oxygens (including phenoxy) is 8. The van der Waals surface area contributed by atoms with Gasteiger partial charge in [0.15, 0.2) is 0 Å². The molecule has 0 rings (SSSR count). The molecule has 2 unspecified atom stereocenters. The summed E-state index contributed by atoms with van der Waals surface area (Å²) in [7, 11) is 0. The van der Waals surface area contributed by atoms with E-state index in [9.17, 15) is 0 Å². The maximum absolute atomic E-state index is 8.58. The van der Waals surface area contributed by atoms with Gasteiger partial charge in [0.05, 0.1) is 105 Å². The monoisotopic (exact) mass is 626 g/mol. The minimum atomic E-state index is 0.0339. The highest BCUT2D eigenvalue weighted by Crippen LogP contribution is 2.22. The van der Waals surface area contributed by atoms with Gasteiger partial charge >= 0.3 is 0 Å². The van der Waals surface area contributed by atoms with E-state index < -0.39 is 0 Å². The fourth-order valence-corrected chi connectivity index (χ4v) is 4.28. The lowest BCUT2D eigenvalue weighted by molar-refractivity contribution is -0.332. The Bertz CT molecular complexity index is 526. The van der Waals surface area contributed by atoms with E-state index in [1.807, 2.05) is 0 Å². The van der Waals surface area contributed by atoms with Gasteiger partial charge in [0.25, 0.3) is 0 Å². The van der Waals surface area contributed by atoms with Crippen LogP contribution in [0.25, 0.3) is 0 Å². The van der Waals surface area contributed by atoms with Crippen molar-refractivity contribution in [1.29, 1.82) is 0 Å². The highest BCUT2D eigenvalue weighted by Gasteiger charge is 2.17. The highest BCUT2D eigenvalue weighted by molar-refractivity contribution is 4.66. The second-order valence-electron chi connectivity index (χ2n) is 11.5. The lowest BCUT2D eigenvalue weighted by Crippen LogP contribution is -2.21. The maximum atomic E-state index is 8.58. The first-order valence-electron chi connectivity index (χ1n) is 16.5. The van der Waals surface area contributed by atoms with Crippen LogP contribution in [0.3, 0.4) is 0 Å². The molecule has 0 saturated heterocycles. The van der Waals surface area contributed by atoms with Crippen LogP contribution >= 0.6 is 0 Å². The van der Waals surface area contributed by atoms with Crippen LogP contribution in [0.15, 0.2) is 0 Å². The molecule has 11 heteroatoms. The normalized spacial score (nSPS) is 13.4. The molecule has 0 heterocycles. The summed E-state index contributed by atoms with van der Waals surface area (Å²) >= 11 is 0. The zero-order valence-corrected chi connectivity index (χ0v) is 28.1. The van der Waals surface area contributed by atoms with Gasteiger partial charge in [-0.25, -0.2) is 9.78 Å². The molecule has 0 radical (unpaired) electrons. The first-order chi connectivity index (χ1) is 21.0. The zero-order valence-electron chi connectivity index (χ0n) is 28.1. The van der Waals surface area contributed by atoms with Crippen molar-refractivity contribution in [3.05, 3.63) is 0 Å². The third-order valence-corrected chi connectivity index (χ3v) is 6.08. The van der Waals surface area contributed by atoms with Gasteiger partial charge in [0, 0.05) is 13.2 Å². The SMILES string of the molecule is CC(C)CC(C)CC(CC(C)C)OOCCOCCOCCOCCOCCCCOCCOCCOCCOCCO. The molecule has 0 aliphatic heterocycles. The van der Waals surface area contributed by atoms with E-state index in [4.69, 9.17) is 52.8 Å². The lowest BCUT2D eigenvalue weighted by Gasteiger charge is -2.23. The van der Waals surface area contributed by atoms with Crippen LogP contribution in [-0.2, 0) is 47.7 Å². The Balaban J connectivity index is 3.29. The Labute approximate surface area is 262 Å². The fraction of sp³-hybridized carbons (Fsp3) is 1.00. The van der Waals surface area contributed by atoms with Crippen LogP contribution in [-0.4, -0.2) is 130 Å². The Hall–Kier alpha value is -0.440. The molecular weight excluding hydrogens is 560 g/mol. The van der Waals surface area contributed by atoms with E-state index >= 15 is 0 Å². The van der Waals surface area contributed by atoms with Crippen molar-refractivity contribution in [3.63, 3.8) is 0 Å². The Morgan fingerprint density at radius 2 is 0.744 bits per heavy atom. The minimum absolute atomic E-state index is 0.0339. The van der Waals surface area contributed by atoms with Gasteiger partial charge < -0.3 is 43.0 Å². The molecular formula is C32H66O11. The molecule has 260 valence electrons. The molecule has 11 nitrogen and oxygen atoms in total. The lowest BCUT2D eigenvalue weighted by atomic mass is 9.91. The number of aliphatic hydroxyl groups excluding tert-OH is 1. The Morgan fingerprint density at radius 3 is 1.12 bits per heavy atom. The van der Waals surface area contributed by atoms with Crippen LogP contribution in [0.2, 0.25) is 0 Å². The largest absolute Gasteiger partial charge is 0.394 e. The highest BCUT2D eigenvalue weighted by atomic mass is 17.2. The van der Waals surface area contributed by atoms with Crippen LogP contribution < -0.4 is 0 Å². The zero-order chi connectivity index (χ0) is 31.6. The molecule has 0 spiro atoms. The van der Waals surface area contributed by atoms with E-state index in [2.05, 4.69) is 34.6 Å². The number of hydrogen-bond acceptors (Lipinski definition) is 11. The van der Waals surface area contributed by atoms with Crippen LogP contribution in [0, 0.1) is 17.8 Å². The van der Waals surface area contributed by atoms with Gasteiger partial charge in [-0.1, -0.05) is 34.6 Å². The summed E-state index contributed by atoms with van der Waals surface area (Å²) < 4.78 is 43.6. The van der Waals surface area contributed by atoms with E-state index in [1.54, 1.807) is 0 Å². The van der Waals surface area contributed by atoms with Gasteiger partial charge in [-0.3, -0.25) is 0 Å². The van der Waals surface area contributed by atoms with Gasteiger partial charge in [0.1, 0.15) is 6.61 Å². The second kappa shape index (κ2) is 34.4. The first kappa shape index (κ1) is 42.6. The van der Waals surface area contributed by atoms with Crippen molar-refractivity contribution in [2.45, 2.75) is 72.8 Å². The molecule has 2 atom stereocenters. The van der Waals surface area contributed by atoms with Gasteiger partial charge in [0.2, 0.25) is 0 Å². The summed E-state index contributed by atoms with van der Waals surface area (Å²) in [6.45, 7) is 20.3. The quantitative estimate of drug-likeness (QED) is 0.0609. The molecule has 0 amide bonds. The number of rotatable bonds is 36. The van der Waals surface area contributed by atoms with Gasteiger partial charge in [-0.05, 0) is 49.9 Å². The topological polar surface area (TPSA) is 113 Å². The predicted octanol–water partition coefficient (Wildman–Crippen LogP) is 4.33. The molecule has 0 aromatic carbocycles. The summed E-state index contributed by atoms with van der Waals surface area (Å²) in [5.41, 5.74) is 0. The average Bonchev–Trinajstić information content (AvgIpc) is 2.95. The number of hydrogen-bond donors (Lipinski definition) is 1. The van der Waals surface area contributed by atoms with Gasteiger partial charge in [-0.15, -0.1) is 0 Å². The second-order valence-corrected chi connectivity index (χ2v) is 11.5. The summed E-state index contributed by atoms with van der Waals surface area (Å²) in [6.07, 6.45) is 5.26. The van der Waals surface area contributed by atoms with E-state index in [0.29, 0.717) is 130 Å².